The van der Waals surface area contributed by atoms with E-state index < -0.39 is 35.5 Å². The maximum absolute atomic E-state index is 12.6. The molecule has 12 heteroatoms. The number of hydrazone groups is 1. The van der Waals surface area contributed by atoms with Crippen LogP contribution in [0.5, 0.6) is 23.0 Å². The van der Waals surface area contributed by atoms with E-state index in [1.807, 2.05) is 0 Å². The topological polar surface area (TPSA) is 147 Å². The Kier molecular flexibility index (Phi) is 7.61. The van der Waals surface area contributed by atoms with Crippen molar-refractivity contribution in [1.29, 1.82) is 0 Å². The maximum atomic E-state index is 12.6. The van der Waals surface area contributed by atoms with Gasteiger partial charge in [-0.2, -0.15) is 5.01 Å². The van der Waals surface area contributed by atoms with Crippen molar-refractivity contribution in [2.45, 2.75) is 47.3 Å². The van der Waals surface area contributed by atoms with E-state index in [0.717, 1.165) is 25.8 Å². The molecule has 0 fully saturated rings. The number of hydrogen-bond donors (Lipinski definition) is 0. The summed E-state index contributed by atoms with van der Waals surface area (Å²) in [5.74, 6) is -4.17. The van der Waals surface area contributed by atoms with Crippen LogP contribution in [0.1, 0.15) is 52.7 Å². The van der Waals surface area contributed by atoms with Crippen LogP contribution in [0.3, 0.4) is 0 Å². The average Bonchev–Trinajstić information content (AvgIpc) is 3.13. The van der Waals surface area contributed by atoms with Gasteiger partial charge in [-0.15, -0.1) is 5.10 Å². The van der Waals surface area contributed by atoms with Crippen LogP contribution in [0.2, 0.25) is 0 Å². The molecule has 1 atom stereocenters. The zero-order chi connectivity index (χ0) is 27.5. The molecule has 1 aliphatic heterocycles. The highest BCUT2D eigenvalue weighted by molar-refractivity contribution is 5.98. The van der Waals surface area contributed by atoms with Gasteiger partial charge in [-0.05, 0) is 24.3 Å². The van der Waals surface area contributed by atoms with Crippen LogP contribution in [-0.2, 0) is 34.4 Å². The molecule has 194 valence electrons. The molecule has 1 unspecified atom stereocenters. The predicted molar refractivity (Wildman–Crippen MR) is 126 cm³/mol. The summed E-state index contributed by atoms with van der Waals surface area (Å²) in [4.78, 5) is 59.4. The van der Waals surface area contributed by atoms with Gasteiger partial charge in [-0.3, -0.25) is 24.0 Å². The summed E-state index contributed by atoms with van der Waals surface area (Å²) in [6, 6.07) is 8.99. The Balaban J connectivity index is 2.18. The Labute approximate surface area is 211 Å². The van der Waals surface area contributed by atoms with Gasteiger partial charge in [0.1, 0.15) is 5.75 Å². The molecule has 0 radical (unpaired) electrons. The SMILES string of the molecule is CC(=O)Oc1ccccc1C1(C)OC(c2cc(OC(C)=O)c(OC(C)=O)c(OC(C)=O)c2)=NN1C(C)=O. The molecule has 0 saturated heterocycles. The molecule has 12 nitrogen and oxygen atoms in total. The van der Waals surface area contributed by atoms with Crippen LogP contribution < -0.4 is 18.9 Å². The van der Waals surface area contributed by atoms with Gasteiger partial charge in [0.05, 0.1) is 5.56 Å². The second-order valence-corrected chi connectivity index (χ2v) is 7.99. The average molecular weight is 512 g/mol. The standard InChI is InChI=1S/C25H24N2O10/c1-13(28)27-25(6,19-9-7-8-10-20(19)33-14(2)29)37-24(26-27)18-11-21(34-15(3)30)23(36-17(5)32)22(12-18)35-16(4)31/h7-12H,1-6H3. The number of nitrogens with zero attached hydrogens (tertiary/aromatic N) is 2. The fraction of sp³-hybridized carbons (Fsp3) is 0.280. The summed E-state index contributed by atoms with van der Waals surface area (Å²) < 4.78 is 26.9. The van der Waals surface area contributed by atoms with Crippen molar-refractivity contribution in [3.63, 3.8) is 0 Å². The van der Waals surface area contributed by atoms with E-state index in [2.05, 4.69) is 5.10 Å². The van der Waals surface area contributed by atoms with E-state index >= 15 is 0 Å². The molecule has 0 aromatic heterocycles. The van der Waals surface area contributed by atoms with E-state index in [-0.39, 0.29) is 34.5 Å². The first kappa shape index (κ1) is 26.9. The zero-order valence-electron chi connectivity index (χ0n) is 20.9. The number of rotatable bonds is 6. The minimum Gasteiger partial charge on any atom is -0.443 e. The third-order valence-corrected chi connectivity index (χ3v) is 4.85. The number of carbonyl (C=O) groups is 5. The van der Waals surface area contributed by atoms with Crippen molar-refractivity contribution >= 4 is 35.7 Å². The molecular weight excluding hydrogens is 488 g/mol. The molecule has 2 aromatic rings. The fourth-order valence-electron chi connectivity index (χ4n) is 3.59. The van der Waals surface area contributed by atoms with Gasteiger partial charge in [0.2, 0.25) is 23.3 Å². The van der Waals surface area contributed by atoms with Gasteiger partial charge >= 0.3 is 23.9 Å². The van der Waals surface area contributed by atoms with Gasteiger partial charge in [0.25, 0.3) is 0 Å². The lowest BCUT2D eigenvalue weighted by molar-refractivity contribution is -0.146. The molecule has 3 rings (SSSR count). The highest BCUT2D eigenvalue weighted by Crippen LogP contribution is 2.44. The van der Waals surface area contributed by atoms with Crippen molar-refractivity contribution in [3.8, 4) is 23.0 Å². The lowest BCUT2D eigenvalue weighted by Crippen LogP contribution is -2.41. The number of amides is 1. The number of carbonyl (C=O) groups excluding carboxylic acids is 5. The Morgan fingerprint density at radius 3 is 1.73 bits per heavy atom. The molecule has 0 spiro atoms. The van der Waals surface area contributed by atoms with E-state index in [1.165, 1.54) is 32.0 Å². The van der Waals surface area contributed by atoms with Gasteiger partial charge in [-0.25, -0.2) is 0 Å². The van der Waals surface area contributed by atoms with Crippen LogP contribution >= 0.6 is 0 Å². The molecule has 0 N–H and O–H groups in total. The molecule has 0 saturated carbocycles. The second kappa shape index (κ2) is 10.5. The molecule has 2 aromatic carbocycles. The quantitative estimate of drug-likeness (QED) is 0.418. The monoisotopic (exact) mass is 512 g/mol. The molecule has 0 bridgehead atoms. The van der Waals surface area contributed by atoms with Crippen LogP contribution in [0.25, 0.3) is 0 Å². The van der Waals surface area contributed by atoms with E-state index in [1.54, 1.807) is 25.1 Å². The summed E-state index contributed by atoms with van der Waals surface area (Å²) in [5, 5.41) is 5.33. The van der Waals surface area contributed by atoms with Crippen LogP contribution in [-0.4, -0.2) is 40.7 Å². The third-order valence-electron chi connectivity index (χ3n) is 4.85. The fourth-order valence-corrected chi connectivity index (χ4v) is 3.59. The first-order valence-corrected chi connectivity index (χ1v) is 10.9. The van der Waals surface area contributed by atoms with Gasteiger partial charge < -0.3 is 23.7 Å². The predicted octanol–water partition coefficient (Wildman–Crippen LogP) is 2.80. The Bertz CT molecular complexity index is 1300. The summed E-state index contributed by atoms with van der Waals surface area (Å²) in [6.45, 7) is 7.40. The molecule has 1 heterocycles. The zero-order valence-corrected chi connectivity index (χ0v) is 20.9. The molecule has 1 amide bonds. The van der Waals surface area contributed by atoms with Crippen molar-refractivity contribution in [1.82, 2.24) is 5.01 Å². The van der Waals surface area contributed by atoms with Crippen molar-refractivity contribution in [2.24, 2.45) is 5.10 Å². The van der Waals surface area contributed by atoms with Crippen molar-refractivity contribution in [2.75, 3.05) is 0 Å². The number of hydrogen-bond acceptors (Lipinski definition) is 11. The van der Waals surface area contributed by atoms with Gasteiger partial charge in [-0.1, -0.05) is 12.1 Å². The lowest BCUT2D eigenvalue weighted by atomic mass is 10.0. The number of esters is 4. The van der Waals surface area contributed by atoms with Gasteiger partial charge in [0.15, 0.2) is 11.5 Å². The molecule has 0 aliphatic carbocycles. The minimum absolute atomic E-state index is 0.114. The highest BCUT2D eigenvalue weighted by atomic mass is 16.6. The second-order valence-electron chi connectivity index (χ2n) is 7.99. The maximum Gasteiger partial charge on any atom is 0.308 e. The summed E-state index contributed by atoms with van der Waals surface area (Å²) in [7, 11) is 0. The number of ether oxygens (including phenoxy) is 5. The number of benzene rings is 2. The molecule has 1 aliphatic rings. The Hall–Kier alpha value is -4.74. The van der Waals surface area contributed by atoms with Crippen LogP contribution in [0.15, 0.2) is 41.5 Å². The first-order valence-electron chi connectivity index (χ1n) is 10.9. The Morgan fingerprint density at radius 1 is 0.757 bits per heavy atom. The third kappa shape index (κ3) is 5.92. The van der Waals surface area contributed by atoms with Crippen LogP contribution in [0.4, 0.5) is 0 Å². The summed E-state index contributed by atoms with van der Waals surface area (Å²) in [5.41, 5.74) is -1.13. The normalized spacial score (nSPS) is 16.3. The summed E-state index contributed by atoms with van der Waals surface area (Å²) in [6.07, 6.45) is 0. The molecule has 37 heavy (non-hydrogen) atoms. The summed E-state index contributed by atoms with van der Waals surface area (Å²) >= 11 is 0. The van der Waals surface area contributed by atoms with Crippen molar-refractivity contribution in [3.05, 3.63) is 47.5 Å². The van der Waals surface area contributed by atoms with E-state index in [9.17, 15) is 24.0 Å². The van der Waals surface area contributed by atoms with E-state index in [4.69, 9.17) is 23.7 Å². The Morgan fingerprint density at radius 2 is 1.24 bits per heavy atom. The molecular formula is C25H24N2O10. The first-order chi connectivity index (χ1) is 17.3. The minimum atomic E-state index is -1.56. The number of para-hydroxylation sites is 1. The van der Waals surface area contributed by atoms with Gasteiger partial charge in [0, 0.05) is 47.1 Å². The highest BCUT2D eigenvalue weighted by Gasteiger charge is 2.47. The van der Waals surface area contributed by atoms with Crippen molar-refractivity contribution < 1.29 is 47.7 Å². The lowest BCUT2D eigenvalue weighted by Gasteiger charge is -2.32. The smallest absolute Gasteiger partial charge is 0.308 e. The van der Waals surface area contributed by atoms with E-state index in [0.29, 0.717) is 5.56 Å². The largest absolute Gasteiger partial charge is 0.443 e. The van der Waals surface area contributed by atoms with Crippen LogP contribution in [0, 0.1) is 0 Å².